The van der Waals surface area contributed by atoms with E-state index in [1.54, 1.807) is 0 Å². The number of nitrogens with one attached hydrogen (secondary N) is 1. The van der Waals surface area contributed by atoms with Crippen LogP contribution in [0.3, 0.4) is 0 Å². The Hall–Kier alpha value is -6.47. The molecule has 13 rings (SSSR count). The third-order valence-electron chi connectivity index (χ3n) is 11.4. The maximum Gasteiger partial charge on any atom is 0.201 e. The molecule has 54 heavy (non-hydrogen) atoms. The van der Waals surface area contributed by atoms with Gasteiger partial charge in [-0.05, 0) is 76.3 Å². The highest BCUT2D eigenvalue weighted by molar-refractivity contribution is 7.25. The van der Waals surface area contributed by atoms with Crippen LogP contribution >= 0.6 is 22.7 Å². The van der Waals surface area contributed by atoms with Crippen LogP contribution in [0.25, 0.3) is 101 Å². The van der Waals surface area contributed by atoms with Crippen molar-refractivity contribution in [2.75, 3.05) is 0 Å². The summed E-state index contributed by atoms with van der Waals surface area (Å²) in [6, 6.07) is 55.1. The van der Waals surface area contributed by atoms with Crippen molar-refractivity contribution in [3.63, 3.8) is 0 Å². The van der Waals surface area contributed by atoms with Gasteiger partial charge in [0.2, 0.25) is 6.29 Å². The Balaban J connectivity index is 1.14. The minimum Gasteiger partial charge on any atom is -0.455 e. The number of fused-ring (bicyclic) bond motifs is 16. The van der Waals surface area contributed by atoms with Crippen molar-refractivity contribution in [3.8, 4) is 0 Å². The molecule has 1 unspecified atom stereocenters. The SMILES string of the molecule is c1ccc2c(c1)ccc1sc3c(c12)=NC(n1c2ccccc2c2cc4ccc5c6ccccc6oc5c4cc21)NC=3c1ccc2sc3ccccc3c2c1. The number of thiophene rings is 2. The number of aromatic nitrogens is 1. The molecule has 1 N–H and O–H groups in total. The molecule has 5 heterocycles. The monoisotopic (exact) mass is 725 g/mol. The molecule has 12 aromatic rings. The summed E-state index contributed by atoms with van der Waals surface area (Å²) in [7, 11) is 0. The Labute approximate surface area is 315 Å². The van der Waals surface area contributed by atoms with E-state index in [4.69, 9.17) is 9.41 Å². The molecule has 4 nitrogen and oxygen atoms in total. The normalized spacial score (nSPS) is 14.7. The third-order valence-corrected chi connectivity index (χ3v) is 13.7. The van der Waals surface area contributed by atoms with Gasteiger partial charge in [-0.2, -0.15) is 0 Å². The van der Waals surface area contributed by atoms with E-state index in [0.29, 0.717) is 0 Å². The molecule has 6 heteroatoms. The lowest BCUT2D eigenvalue weighted by Crippen LogP contribution is -2.39. The van der Waals surface area contributed by atoms with Crippen molar-refractivity contribution < 1.29 is 4.42 Å². The second-order valence-electron chi connectivity index (χ2n) is 14.3. The summed E-state index contributed by atoms with van der Waals surface area (Å²) in [6.45, 7) is 0. The zero-order chi connectivity index (χ0) is 35.1. The van der Waals surface area contributed by atoms with E-state index in [1.165, 1.54) is 61.9 Å². The maximum absolute atomic E-state index is 6.58. The molecular weight excluding hydrogens is 699 g/mol. The van der Waals surface area contributed by atoms with E-state index in [0.717, 1.165) is 54.8 Å². The lowest BCUT2D eigenvalue weighted by Gasteiger charge is -2.24. The van der Waals surface area contributed by atoms with Crippen molar-refractivity contribution >= 4 is 124 Å². The largest absolute Gasteiger partial charge is 0.455 e. The Morgan fingerprint density at radius 2 is 1.28 bits per heavy atom. The van der Waals surface area contributed by atoms with E-state index < -0.39 is 6.29 Å². The number of furan rings is 1. The van der Waals surface area contributed by atoms with Crippen LogP contribution in [-0.4, -0.2) is 4.57 Å². The summed E-state index contributed by atoms with van der Waals surface area (Å²) in [5, 5.41) is 18.3. The van der Waals surface area contributed by atoms with Gasteiger partial charge in [0.1, 0.15) is 11.2 Å². The van der Waals surface area contributed by atoms with Crippen LogP contribution in [0, 0.1) is 0 Å². The molecule has 0 fully saturated rings. The number of nitrogens with zero attached hydrogens (tertiary/aromatic N) is 2. The predicted molar refractivity (Wildman–Crippen MR) is 228 cm³/mol. The molecule has 0 spiro atoms. The standard InChI is InChI=1S/C48H27N3OS2/c1-2-10-29-26(9-1)18-22-42-43(29)45-47(54-42)44(28-19-21-41-36(24-28)32-13-5-8-16-40(32)53-41)49-48(50-45)51-37-14-6-3-11-30(37)35-23-27-17-20-33-31-12-4-7-15-39(31)52-46(33)34(27)25-38(35)51/h1-25,48-49H. The van der Waals surface area contributed by atoms with E-state index in [2.05, 4.69) is 155 Å². The highest BCUT2D eigenvalue weighted by Crippen LogP contribution is 2.41. The molecule has 8 aromatic carbocycles. The molecule has 0 radical (unpaired) electrons. The van der Waals surface area contributed by atoms with Crippen molar-refractivity contribution in [2.24, 2.45) is 4.99 Å². The minimum atomic E-state index is -0.408. The first-order chi connectivity index (χ1) is 26.7. The molecule has 252 valence electrons. The smallest absolute Gasteiger partial charge is 0.201 e. The van der Waals surface area contributed by atoms with Crippen LogP contribution in [0.2, 0.25) is 0 Å². The first-order valence-electron chi connectivity index (χ1n) is 18.2. The lowest BCUT2D eigenvalue weighted by molar-refractivity contribution is 0.492. The Morgan fingerprint density at radius 3 is 2.22 bits per heavy atom. The number of rotatable bonds is 2. The Morgan fingerprint density at radius 1 is 0.519 bits per heavy atom. The topological polar surface area (TPSA) is 42.5 Å². The van der Waals surface area contributed by atoms with Crippen molar-refractivity contribution in [1.29, 1.82) is 0 Å². The highest BCUT2D eigenvalue weighted by Gasteiger charge is 2.26. The summed E-state index contributed by atoms with van der Waals surface area (Å²) in [5.41, 5.74) is 6.35. The summed E-state index contributed by atoms with van der Waals surface area (Å²) in [6.07, 6.45) is -0.408. The highest BCUT2D eigenvalue weighted by atomic mass is 32.1. The van der Waals surface area contributed by atoms with Crippen LogP contribution in [0.4, 0.5) is 0 Å². The zero-order valence-corrected chi connectivity index (χ0v) is 30.3. The van der Waals surface area contributed by atoms with Gasteiger partial charge in [-0.15, -0.1) is 22.7 Å². The molecule has 0 saturated carbocycles. The summed E-state index contributed by atoms with van der Waals surface area (Å²) >= 11 is 3.68. The van der Waals surface area contributed by atoms with Crippen molar-refractivity contribution in [3.05, 3.63) is 167 Å². The quantitative estimate of drug-likeness (QED) is 0.193. The zero-order valence-electron chi connectivity index (χ0n) is 28.6. The second-order valence-corrected chi connectivity index (χ2v) is 16.4. The molecule has 0 aliphatic carbocycles. The van der Waals surface area contributed by atoms with Gasteiger partial charge in [0, 0.05) is 57.2 Å². The van der Waals surface area contributed by atoms with Crippen molar-refractivity contribution in [1.82, 2.24) is 9.88 Å². The van der Waals surface area contributed by atoms with Gasteiger partial charge in [0.15, 0.2) is 0 Å². The minimum absolute atomic E-state index is 0.408. The van der Waals surface area contributed by atoms with E-state index in [-0.39, 0.29) is 0 Å². The maximum atomic E-state index is 6.58. The number of hydrogen-bond donors (Lipinski definition) is 1. The predicted octanol–water partition coefficient (Wildman–Crippen LogP) is 12.1. The van der Waals surface area contributed by atoms with Gasteiger partial charge in [0.25, 0.3) is 0 Å². The number of benzene rings is 8. The third kappa shape index (κ3) is 3.88. The van der Waals surface area contributed by atoms with Crippen LogP contribution in [0.1, 0.15) is 11.9 Å². The molecule has 1 aliphatic rings. The average molecular weight is 726 g/mol. The lowest BCUT2D eigenvalue weighted by atomic mass is 10.0. The van der Waals surface area contributed by atoms with Crippen molar-refractivity contribution in [2.45, 2.75) is 6.29 Å². The van der Waals surface area contributed by atoms with E-state index in [1.807, 2.05) is 28.7 Å². The van der Waals surface area contributed by atoms with E-state index >= 15 is 0 Å². The van der Waals surface area contributed by atoms with Gasteiger partial charge >= 0.3 is 0 Å². The molecule has 1 aliphatic heterocycles. The van der Waals surface area contributed by atoms with E-state index in [9.17, 15) is 0 Å². The molecule has 0 bridgehead atoms. The van der Waals surface area contributed by atoms with Gasteiger partial charge in [-0.1, -0.05) is 97.1 Å². The van der Waals surface area contributed by atoms with Gasteiger partial charge in [-0.3, -0.25) is 0 Å². The first-order valence-corrected chi connectivity index (χ1v) is 19.9. The second kappa shape index (κ2) is 10.6. The van der Waals surface area contributed by atoms with Gasteiger partial charge in [-0.25, -0.2) is 4.99 Å². The van der Waals surface area contributed by atoms with Crippen LogP contribution in [-0.2, 0) is 0 Å². The summed E-state index contributed by atoms with van der Waals surface area (Å²) < 4.78 is 14.0. The molecule has 1 atom stereocenters. The van der Waals surface area contributed by atoms with Gasteiger partial charge in [0.05, 0.1) is 26.6 Å². The number of hydrogen-bond acceptors (Lipinski definition) is 5. The van der Waals surface area contributed by atoms with Crippen LogP contribution < -0.4 is 15.2 Å². The average Bonchev–Trinajstić information content (AvgIpc) is 3.98. The number of para-hydroxylation sites is 2. The van der Waals surface area contributed by atoms with Crippen LogP contribution in [0.15, 0.2) is 161 Å². The molecule has 0 amide bonds. The van der Waals surface area contributed by atoms with Gasteiger partial charge < -0.3 is 14.3 Å². The fraction of sp³-hybridized carbons (Fsp3) is 0.0208. The summed E-state index contributed by atoms with van der Waals surface area (Å²) in [5.74, 6) is 0. The fourth-order valence-corrected chi connectivity index (χ4v) is 11.3. The molecular formula is C48H27N3OS2. The van der Waals surface area contributed by atoms with Crippen LogP contribution in [0.5, 0.6) is 0 Å². The fourth-order valence-electron chi connectivity index (χ4n) is 8.98. The molecule has 4 aromatic heterocycles. The first kappa shape index (κ1) is 29.0. The molecule has 0 saturated heterocycles. The Bertz CT molecular complexity index is 3730. The Kier molecular flexibility index (Phi) is 5.68. The summed E-state index contributed by atoms with van der Waals surface area (Å²) in [4.78, 5) is 5.70.